The van der Waals surface area contributed by atoms with Gasteiger partial charge in [-0.25, -0.2) is 13.1 Å². The van der Waals surface area contributed by atoms with E-state index >= 15 is 0 Å². The van der Waals surface area contributed by atoms with Crippen LogP contribution >= 0.6 is 0 Å². The average molecular weight is 311 g/mol. The molecule has 21 heavy (non-hydrogen) atoms. The van der Waals surface area contributed by atoms with Crippen molar-refractivity contribution in [3.8, 4) is 0 Å². The van der Waals surface area contributed by atoms with Crippen LogP contribution in [0.1, 0.15) is 33.1 Å². The first kappa shape index (κ1) is 16.3. The molecule has 5 nitrogen and oxygen atoms in total. The minimum atomic E-state index is -3.38. The van der Waals surface area contributed by atoms with Crippen LogP contribution in [0.4, 0.5) is 5.69 Å². The van der Waals surface area contributed by atoms with Gasteiger partial charge in [0.25, 0.3) is 0 Å². The van der Waals surface area contributed by atoms with Gasteiger partial charge in [0, 0.05) is 25.3 Å². The van der Waals surface area contributed by atoms with Crippen LogP contribution in [-0.4, -0.2) is 33.6 Å². The minimum absolute atomic E-state index is 0.0812. The molecule has 1 aliphatic heterocycles. The lowest BCUT2D eigenvalue weighted by Gasteiger charge is -2.49. The number of rotatable bonds is 7. The molecule has 3 N–H and O–H groups in total. The molecule has 1 aliphatic rings. The monoisotopic (exact) mass is 311 g/mol. The van der Waals surface area contributed by atoms with Crippen LogP contribution in [0, 0.1) is 0 Å². The normalized spacial score (nSPS) is 17.6. The van der Waals surface area contributed by atoms with Crippen molar-refractivity contribution in [3.63, 3.8) is 0 Å². The summed E-state index contributed by atoms with van der Waals surface area (Å²) in [5, 5.41) is 0. The molecule has 0 unspecified atom stereocenters. The predicted molar refractivity (Wildman–Crippen MR) is 86.0 cm³/mol. The van der Waals surface area contributed by atoms with Gasteiger partial charge in [-0.2, -0.15) is 0 Å². The summed E-state index contributed by atoms with van der Waals surface area (Å²) in [5.41, 5.74) is 7.20. The van der Waals surface area contributed by atoms with Crippen molar-refractivity contribution in [1.82, 2.24) is 4.72 Å². The lowest BCUT2D eigenvalue weighted by atomic mass is 9.86. The molecule has 1 aromatic rings. The lowest BCUT2D eigenvalue weighted by Crippen LogP contribution is -2.67. The Kier molecular flexibility index (Phi) is 4.91. The molecule has 0 aromatic heterocycles. The third-order valence-corrected chi connectivity index (χ3v) is 5.29. The van der Waals surface area contributed by atoms with E-state index in [2.05, 4.69) is 16.5 Å². The minimum Gasteiger partial charge on any atom is -0.368 e. The average Bonchev–Trinajstić information content (AvgIpc) is 2.43. The van der Waals surface area contributed by atoms with Crippen LogP contribution in [-0.2, 0) is 10.0 Å². The van der Waals surface area contributed by atoms with Gasteiger partial charge in [0.1, 0.15) is 0 Å². The molecule has 2 rings (SSSR count). The van der Waals surface area contributed by atoms with Crippen molar-refractivity contribution >= 4 is 15.7 Å². The molecule has 1 aromatic carbocycles. The first-order valence-electron chi connectivity index (χ1n) is 7.54. The standard InChI is InChI=1S/C15H25N3O2S/c1-3-9-15(16)11-18(12-15)13-5-7-14(8-6-13)21(19,20)17-10-4-2/h5-8,17H,3-4,9-12,16H2,1-2H3. The largest absolute Gasteiger partial charge is 0.368 e. The summed E-state index contributed by atoms with van der Waals surface area (Å²) in [6.45, 7) is 6.20. The summed E-state index contributed by atoms with van der Waals surface area (Å²) >= 11 is 0. The highest BCUT2D eigenvalue weighted by atomic mass is 32.2. The Balaban J connectivity index is 2.01. The fourth-order valence-electron chi connectivity index (χ4n) is 2.71. The quantitative estimate of drug-likeness (QED) is 0.803. The van der Waals surface area contributed by atoms with Crippen molar-refractivity contribution in [2.75, 3.05) is 24.5 Å². The zero-order valence-corrected chi connectivity index (χ0v) is 13.6. The third kappa shape index (κ3) is 3.75. The Hall–Kier alpha value is -1.11. The molecule has 0 radical (unpaired) electrons. The van der Waals surface area contributed by atoms with Crippen LogP contribution in [0.5, 0.6) is 0 Å². The first-order chi connectivity index (χ1) is 9.90. The molecular formula is C15H25N3O2S. The molecule has 1 heterocycles. The van der Waals surface area contributed by atoms with E-state index < -0.39 is 10.0 Å². The molecule has 0 atom stereocenters. The maximum atomic E-state index is 12.0. The van der Waals surface area contributed by atoms with Gasteiger partial charge >= 0.3 is 0 Å². The Morgan fingerprint density at radius 1 is 1.19 bits per heavy atom. The van der Waals surface area contributed by atoms with E-state index in [9.17, 15) is 8.42 Å². The highest BCUT2D eigenvalue weighted by molar-refractivity contribution is 7.89. The molecular weight excluding hydrogens is 286 g/mol. The van der Waals surface area contributed by atoms with Gasteiger partial charge in [0.05, 0.1) is 10.4 Å². The molecule has 1 fully saturated rings. The van der Waals surface area contributed by atoms with Crippen molar-refractivity contribution in [1.29, 1.82) is 0 Å². The second-order valence-corrected chi connectivity index (χ2v) is 7.63. The van der Waals surface area contributed by atoms with Gasteiger partial charge in [-0.3, -0.25) is 0 Å². The Labute approximate surface area is 127 Å². The highest BCUT2D eigenvalue weighted by Gasteiger charge is 2.38. The Morgan fingerprint density at radius 2 is 1.81 bits per heavy atom. The molecule has 0 aliphatic carbocycles. The van der Waals surface area contributed by atoms with E-state index in [0.717, 1.165) is 38.0 Å². The van der Waals surface area contributed by atoms with Gasteiger partial charge in [0.2, 0.25) is 10.0 Å². The van der Waals surface area contributed by atoms with Crippen LogP contribution in [0.2, 0.25) is 0 Å². The lowest BCUT2D eigenvalue weighted by molar-refractivity contribution is 0.308. The van der Waals surface area contributed by atoms with Crippen molar-refractivity contribution in [3.05, 3.63) is 24.3 Å². The molecule has 6 heteroatoms. The first-order valence-corrected chi connectivity index (χ1v) is 9.02. The fraction of sp³-hybridized carbons (Fsp3) is 0.600. The summed E-state index contributed by atoms with van der Waals surface area (Å²) in [4.78, 5) is 2.50. The summed E-state index contributed by atoms with van der Waals surface area (Å²) in [6, 6.07) is 7.02. The van der Waals surface area contributed by atoms with Crippen LogP contribution in [0.15, 0.2) is 29.2 Å². The van der Waals surface area contributed by atoms with E-state index in [1.165, 1.54) is 0 Å². The molecule has 0 bridgehead atoms. The smallest absolute Gasteiger partial charge is 0.240 e. The number of nitrogens with zero attached hydrogens (tertiary/aromatic N) is 1. The van der Waals surface area contributed by atoms with Crippen molar-refractivity contribution < 1.29 is 8.42 Å². The fourth-order valence-corrected chi connectivity index (χ4v) is 3.84. The van der Waals surface area contributed by atoms with E-state index in [1.54, 1.807) is 12.1 Å². The SMILES string of the molecule is CCCNS(=O)(=O)c1ccc(N2CC(N)(CCC)C2)cc1. The molecule has 0 amide bonds. The topological polar surface area (TPSA) is 75.4 Å². The van der Waals surface area contributed by atoms with E-state index in [1.807, 2.05) is 19.1 Å². The second kappa shape index (κ2) is 6.34. The van der Waals surface area contributed by atoms with Crippen LogP contribution in [0.3, 0.4) is 0 Å². The number of anilines is 1. The Morgan fingerprint density at radius 3 is 2.33 bits per heavy atom. The highest BCUT2D eigenvalue weighted by Crippen LogP contribution is 2.29. The third-order valence-electron chi connectivity index (χ3n) is 3.81. The second-order valence-electron chi connectivity index (χ2n) is 5.86. The maximum absolute atomic E-state index is 12.0. The van der Waals surface area contributed by atoms with Gasteiger partial charge < -0.3 is 10.6 Å². The zero-order valence-electron chi connectivity index (χ0n) is 12.8. The summed E-state index contributed by atoms with van der Waals surface area (Å²) in [7, 11) is -3.38. The number of hydrogen-bond acceptors (Lipinski definition) is 4. The number of hydrogen-bond donors (Lipinski definition) is 2. The molecule has 0 spiro atoms. The van der Waals surface area contributed by atoms with Crippen LogP contribution in [0.25, 0.3) is 0 Å². The van der Waals surface area contributed by atoms with Gasteiger partial charge in [-0.15, -0.1) is 0 Å². The van der Waals surface area contributed by atoms with Crippen LogP contribution < -0.4 is 15.4 Å². The van der Waals surface area contributed by atoms with E-state index in [-0.39, 0.29) is 5.54 Å². The van der Waals surface area contributed by atoms with Gasteiger partial charge in [-0.05, 0) is 37.1 Å². The summed E-state index contributed by atoms with van der Waals surface area (Å²) in [6.07, 6.45) is 2.89. The Bertz CT molecular complexity index is 563. The number of sulfonamides is 1. The molecule has 0 saturated carbocycles. The van der Waals surface area contributed by atoms with E-state index in [4.69, 9.17) is 5.73 Å². The number of benzene rings is 1. The van der Waals surface area contributed by atoms with Gasteiger partial charge in [-0.1, -0.05) is 20.3 Å². The van der Waals surface area contributed by atoms with E-state index in [0.29, 0.717) is 11.4 Å². The molecule has 118 valence electrons. The number of nitrogens with two attached hydrogens (primary N) is 1. The van der Waals surface area contributed by atoms with Gasteiger partial charge in [0.15, 0.2) is 0 Å². The molecule has 1 saturated heterocycles. The maximum Gasteiger partial charge on any atom is 0.240 e. The zero-order chi connectivity index (χ0) is 15.5. The summed E-state index contributed by atoms with van der Waals surface area (Å²) < 4.78 is 26.6. The predicted octanol–water partition coefficient (Wildman–Crippen LogP) is 1.69. The number of nitrogens with one attached hydrogen (secondary N) is 1. The summed E-state index contributed by atoms with van der Waals surface area (Å²) in [5.74, 6) is 0. The van der Waals surface area contributed by atoms with Crippen molar-refractivity contribution in [2.45, 2.75) is 43.5 Å². The van der Waals surface area contributed by atoms with Crippen molar-refractivity contribution in [2.24, 2.45) is 5.73 Å².